The summed E-state index contributed by atoms with van der Waals surface area (Å²) < 4.78 is 1.78. The second-order valence-electron chi connectivity index (χ2n) is 6.17. The van der Waals surface area contributed by atoms with Crippen molar-refractivity contribution in [2.45, 2.75) is 13.0 Å². The summed E-state index contributed by atoms with van der Waals surface area (Å²) in [6, 6.07) is 19.9. The molecule has 1 N–H and O–H groups in total. The average Bonchev–Trinajstić information content (AvgIpc) is 3.09. The van der Waals surface area contributed by atoms with E-state index in [9.17, 15) is 4.79 Å². The Morgan fingerprint density at radius 3 is 2.69 bits per heavy atom. The van der Waals surface area contributed by atoms with Crippen LogP contribution in [-0.4, -0.2) is 20.7 Å². The third kappa shape index (κ3) is 3.78. The number of hydrogen-bond acceptors (Lipinski definition) is 3. The van der Waals surface area contributed by atoms with E-state index in [1.807, 2.05) is 42.6 Å². The molecule has 0 aliphatic heterocycles. The molecule has 0 unspecified atom stereocenters. The van der Waals surface area contributed by atoms with Crippen LogP contribution in [-0.2, 0) is 17.8 Å². The van der Waals surface area contributed by atoms with E-state index in [2.05, 4.69) is 33.6 Å². The molecule has 2 aromatic carbocycles. The van der Waals surface area contributed by atoms with Gasteiger partial charge in [0.25, 0.3) is 0 Å². The third-order valence-electron chi connectivity index (χ3n) is 4.15. The maximum absolute atomic E-state index is 12.3. The van der Waals surface area contributed by atoms with Gasteiger partial charge in [-0.1, -0.05) is 48.5 Å². The summed E-state index contributed by atoms with van der Waals surface area (Å²) in [7, 11) is 0. The molecule has 4 aromatic rings. The highest BCUT2D eigenvalue weighted by Crippen LogP contribution is 2.16. The Bertz CT molecular complexity index is 1040. The maximum Gasteiger partial charge on any atom is 0.229 e. The minimum absolute atomic E-state index is 0.0769. The Balaban J connectivity index is 1.40. The average molecular weight is 342 g/mol. The first-order chi connectivity index (χ1) is 12.8. The quantitative estimate of drug-likeness (QED) is 0.602. The molecule has 1 amide bonds. The van der Waals surface area contributed by atoms with Crippen LogP contribution in [0.4, 0.5) is 5.82 Å². The standard InChI is InChI=1S/C21H18N4O/c26-21(13-16-7-8-18-5-1-2-6-19(18)12-16)23-20-9-11-25(24-20)15-17-4-3-10-22-14-17/h1-12,14H,13,15H2,(H,23,24,26). The van der Waals surface area contributed by atoms with Gasteiger partial charge in [-0.2, -0.15) is 5.10 Å². The van der Waals surface area contributed by atoms with Crippen molar-refractivity contribution >= 4 is 22.5 Å². The first-order valence-corrected chi connectivity index (χ1v) is 8.46. The zero-order valence-electron chi connectivity index (χ0n) is 14.2. The number of nitrogens with zero attached hydrogens (tertiary/aromatic N) is 3. The van der Waals surface area contributed by atoms with Gasteiger partial charge >= 0.3 is 0 Å². The highest BCUT2D eigenvalue weighted by Gasteiger charge is 2.07. The first-order valence-electron chi connectivity index (χ1n) is 8.46. The van der Waals surface area contributed by atoms with Crippen LogP contribution in [0.1, 0.15) is 11.1 Å². The normalized spacial score (nSPS) is 10.8. The van der Waals surface area contributed by atoms with Crippen LogP contribution in [0, 0.1) is 0 Å². The Kier molecular flexibility index (Phi) is 4.43. The molecular formula is C21H18N4O. The van der Waals surface area contributed by atoms with Gasteiger partial charge in [0.15, 0.2) is 5.82 Å². The number of fused-ring (bicyclic) bond motifs is 1. The highest BCUT2D eigenvalue weighted by molar-refractivity contribution is 5.92. The molecule has 0 spiro atoms. The molecule has 5 heteroatoms. The zero-order chi connectivity index (χ0) is 17.8. The van der Waals surface area contributed by atoms with Crippen LogP contribution in [0.3, 0.4) is 0 Å². The van der Waals surface area contributed by atoms with Gasteiger partial charge in [-0.15, -0.1) is 0 Å². The molecule has 26 heavy (non-hydrogen) atoms. The fourth-order valence-electron chi connectivity index (χ4n) is 2.92. The molecule has 5 nitrogen and oxygen atoms in total. The van der Waals surface area contributed by atoms with Gasteiger partial charge in [0.1, 0.15) is 0 Å². The zero-order valence-corrected chi connectivity index (χ0v) is 14.2. The topological polar surface area (TPSA) is 59.8 Å². The molecule has 0 aliphatic carbocycles. The van der Waals surface area contributed by atoms with Crippen molar-refractivity contribution in [3.63, 3.8) is 0 Å². The lowest BCUT2D eigenvalue weighted by Crippen LogP contribution is -2.15. The van der Waals surface area contributed by atoms with Crippen molar-refractivity contribution in [1.82, 2.24) is 14.8 Å². The number of carbonyl (C=O) groups excluding carboxylic acids is 1. The van der Waals surface area contributed by atoms with E-state index in [1.54, 1.807) is 23.1 Å². The molecule has 0 aliphatic rings. The summed E-state index contributed by atoms with van der Waals surface area (Å²) in [6.07, 6.45) is 5.71. The Labute approximate surface area is 151 Å². The van der Waals surface area contributed by atoms with Crippen LogP contribution >= 0.6 is 0 Å². The van der Waals surface area contributed by atoms with Gasteiger partial charge < -0.3 is 5.32 Å². The molecule has 0 atom stereocenters. The monoisotopic (exact) mass is 342 g/mol. The van der Waals surface area contributed by atoms with E-state index in [4.69, 9.17) is 0 Å². The van der Waals surface area contributed by atoms with Crippen LogP contribution in [0.2, 0.25) is 0 Å². The van der Waals surface area contributed by atoms with E-state index in [0.717, 1.165) is 16.5 Å². The number of amides is 1. The van der Waals surface area contributed by atoms with E-state index < -0.39 is 0 Å². The lowest BCUT2D eigenvalue weighted by molar-refractivity contribution is -0.115. The van der Waals surface area contributed by atoms with E-state index in [0.29, 0.717) is 18.8 Å². The Morgan fingerprint density at radius 1 is 0.962 bits per heavy atom. The molecule has 0 radical (unpaired) electrons. The third-order valence-corrected chi connectivity index (χ3v) is 4.15. The molecule has 0 bridgehead atoms. The van der Waals surface area contributed by atoms with E-state index in [1.165, 1.54) is 5.39 Å². The van der Waals surface area contributed by atoms with E-state index in [-0.39, 0.29) is 5.91 Å². The predicted molar refractivity (Wildman–Crippen MR) is 102 cm³/mol. The fraction of sp³-hybridized carbons (Fsp3) is 0.0952. The van der Waals surface area contributed by atoms with Gasteiger partial charge in [-0.05, 0) is 28.0 Å². The highest BCUT2D eigenvalue weighted by atomic mass is 16.1. The Morgan fingerprint density at radius 2 is 1.85 bits per heavy atom. The smallest absolute Gasteiger partial charge is 0.229 e. The van der Waals surface area contributed by atoms with E-state index >= 15 is 0 Å². The summed E-state index contributed by atoms with van der Waals surface area (Å²) in [5.41, 5.74) is 2.04. The van der Waals surface area contributed by atoms with Crippen LogP contribution < -0.4 is 5.32 Å². The molecule has 0 fully saturated rings. The summed E-state index contributed by atoms with van der Waals surface area (Å²) in [5.74, 6) is 0.478. The number of aromatic nitrogens is 3. The van der Waals surface area contributed by atoms with Crippen molar-refractivity contribution in [2.24, 2.45) is 0 Å². The lowest BCUT2D eigenvalue weighted by atomic mass is 10.1. The second-order valence-corrected chi connectivity index (χ2v) is 6.17. The lowest BCUT2D eigenvalue weighted by Gasteiger charge is -2.05. The van der Waals surface area contributed by atoms with Crippen LogP contribution in [0.5, 0.6) is 0 Å². The summed E-state index contributed by atoms with van der Waals surface area (Å²) in [4.78, 5) is 16.4. The number of hydrogen-bond donors (Lipinski definition) is 1. The number of carbonyl (C=O) groups is 1. The fourth-order valence-corrected chi connectivity index (χ4v) is 2.92. The molecule has 128 valence electrons. The van der Waals surface area contributed by atoms with Crippen molar-refractivity contribution in [3.05, 3.63) is 90.4 Å². The minimum atomic E-state index is -0.0769. The van der Waals surface area contributed by atoms with Crippen molar-refractivity contribution < 1.29 is 4.79 Å². The number of rotatable bonds is 5. The summed E-state index contributed by atoms with van der Waals surface area (Å²) in [6.45, 7) is 0.619. The molecular weight excluding hydrogens is 324 g/mol. The minimum Gasteiger partial charge on any atom is -0.309 e. The van der Waals surface area contributed by atoms with Gasteiger partial charge in [0.05, 0.1) is 13.0 Å². The molecule has 0 saturated heterocycles. The number of benzene rings is 2. The first kappa shape index (κ1) is 16.0. The SMILES string of the molecule is O=C(Cc1ccc2ccccc2c1)Nc1ccn(Cc2cccnc2)n1. The molecule has 2 aromatic heterocycles. The number of nitrogens with one attached hydrogen (secondary N) is 1. The van der Waals surface area contributed by atoms with Gasteiger partial charge in [0.2, 0.25) is 5.91 Å². The number of anilines is 1. The van der Waals surface area contributed by atoms with Gasteiger partial charge in [-0.3, -0.25) is 14.5 Å². The van der Waals surface area contributed by atoms with Gasteiger partial charge in [-0.25, -0.2) is 0 Å². The predicted octanol–water partition coefficient (Wildman–Crippen LogP) is 3.66. The summed E-state index contributed by atoms with van der Waals surface area (Å²) >= 11 is 0. The molecule has 0 saturated carbocycles. The largest absolute Gasteiger partial charge is 0.309 e. The summed E-state index contributed by atoms with van der Waals surface area (Å²) in [5, 5.41) is 9.56. The maximum atomic E-state index is 12.3. The molecule has 4 rings (SSSR count). The van der Waals surface area contributed by atoms with Crippen molar-refractivity contribution in [1.29, 1.82) is 0 Å². The van der Waals surface area contributed by atoms with Gasteiger partial charge in [0, 0.05) is 24.7 Å². The Hall–Kier alpha value is -3.47. The van der Waals surface area contributed by atoms with Crippen LogP contribution in [0.25, 0.3) is 10.8 Å². The number of pyridine rings is 1. The van der Waals surface area contributed by atoms with Crippen molar-refractivity contribution in [3.8, 4) is 0 Å². The van der Waals surface area contributed by atoms with Crippen LogP contribution in [0.15, 0.2) is 79.3 Å². The second kappa shape index (κ2) is 7.19. The molecule has 2 heterocycles. The van der Waals surface area contributed by atoms with Crippen molar-refractivity contribution in [2.75, 3.05) is 5.32 Å².